The van der Waals surface area contributed by atoms with Crippen LogP contribution in [0.5, 0.6) is 10.8 Å². The largest absolute Gasteiger partial charge is 0.457 e. The van der Waals surface area contributed by atoms with Crippen LogP contribution in [0.15, 0.2) is 52.7 Å². The van der Waals surface area contributed by atoms with Gasteiger partial charge in [0.25, 0.3) is 0 Å². The van der Waals surface area contributed by atoms with Gasteiger partial charge in [-0.1, -0.05) is 23.5 Å². The van der Waals surface area contributed by atoms with Crippen LogP contribution in [0.3, 0.4) is 0 Å². The average Bonchev–Trinajstić information content (AvgIpc) is 3.51. The van der Waals surface area contributed by atoms with Gasteiger partial charge in [0.05, 0.1) is 17.4 Å². The second kappa shape index (κ2) is 11.5. The summed E-state index contributed by atoms with van der Waals surface area (Å²) in [6.45, 7) is 2.76. The van der Waals surface area contributed by atoms with Gasteiger partial charge in [-0.15, -0.1) is 0 Å². The van der Waals surface area contributed by atoms with Crippen LogP contribution < -0.4 is 15.4 Å². The van der Waals surface area contributed by atoms with Gasteiger partial charge in [0.15, 0.2) is 11.3 Å². The van der Waals surface area contributed by atoms with Crippen LogP contribution in [0.1, 0.15) is 23.3 Å². The molecule has 4 rings (SSSR count). The van der Waals surface area contributed by atoms with Crippen LogP contribution in [-0.4, -0.2) is 47.7 Å². The number of thiazole rings is 1. The molecule has 0 atom stereocenters. The van der Waals surface area contributed by atoms with Crippen molar-refractivity contribution in [1.29, 1.82) is 0 Å². The van der Waals surface area contributed by atoms with Crippen LogP contribution in [0.25, 0.3) is 17.0 Å². The normalized spacial score (nSPS) is 11.1. The number of hydrogen-bond donors (Lipinski definition) is 2. The molecular formula is C26H27N5O4S. The summed E-state index contributed by atoms with van der Waals surface area (Å²) in [5.41, 5.74) is 4.79. The van der Waals surface area contributed by atoms with E-state index in [1.807, 2.05) is 31.2 Å². The molecule has 1 aromatic carbocycles. The molecular weight excluding hydrogens is 478 g/mol. The molecule has 0 aliphatic heterocycles. The Balaban J connectivity index is 1.48. The molecule has 36 heavy (non-hydrogen) atoms. The van der Waals surface area contributed by atoms with Gasteiger partial charge in [0.1, 0.15) is 17.9 Å². The first-order chi connectivity index (χ1) is 17.5. The number of aldehydes is 1. The molecule has 0 unspecified atom stereocenters. The lowest BCUT2D eigenvalue weighted by Gasteiger charge is -2.15. The van der Waals surface area contributed by atoms with Gasteiger partial charge in [-0.05, 0) is 30.7 Å². The Morgan fingerprint density at radius 2 is 2.17 bits per heavy atom. The van der Waals surface area contributed by atoms with E-state index in [1.165, 1.54) is 17.4 Å². The van der Waals surface area contributed by atoms with E-state index < -0.39 is 0 Å². The lowest BCUT2D eigenvalue weighted by Crippen LogP contribution is -2.24. The quantitative estimate of drug-likeness (QED) is 0.165. The molecule has 0 fully saturated rings. The molecule has 9 nitrogen and oxygen atoms in total. The van der Waals surface area contributed by atoms with Crippen LogP contribution in [0.2, 0.25) is 0 Å². The second-order valence-electron chi connectivity index (χ2n) is 8.02. The van der Waals surface area contributed by atoms with Gasteiger partial charge < -0.3 is 29.5 Å². The van der Waals surface area contributed by atoms with Gasteiger partial charge in [0, 0.05) is 56.8 Å². The molecule has 0 bridgehead atoms. The highest BCUT2D eigenvalue weighted by Gasteiger charge is 2.18. The summed E-state index contributed by atoms with van der Waals surface area (Å²) >= 11 is 1.40. The maximum Gasteiger partial charge on any atom is 0.246 e. The summed E-state index contributed by atoms with van der Waals surface area (Å²) in [5.74, 6) is 1.85. The van der Waals surface area contributed by atoms with Crippen LogP contribution in [-0.2, 0) is 16.1 Å². The molecule has 186 valence electrons. The lowest BCUT2D eigenvalue weighted by molar-refractivity contribution is -0.125. The number of aryl methyl sites for hydroxylation is 1. The number of nitrogens with zero attached hydrogens (tertiary/aromatic N) is 3. The highest BCUT2D eigenvalue weighted by atomic mass is 32.1. The smallest absolute Gasteiger partial charge is 0.246 e. The topological polar surface area (TPSA) is 110 Å². The molecule has 10 heteroatoms. The number of furan rings is 1. The first-order valence-corrected chi connectivity index (χ1v) is 12.2. The van der Waals surface area contributed by atoms with Crippen molar-refractivity contribution in [2.24, 2.45) is 0 Å². The molecule has 0 spiro atoms. The molecule has 1 amide bonds. The van der Waals surface area contributed by atoms with Crippen molar-refractivity contribution >= 4 is 52.1 Å². The van der Waals surface area contributed by atoms with Crippen molar-refractivity contribution in [2.45, 2.75) is 19.9 Å². The van der Waals surface area contributed by atoms with Crippen molar-refractivity contribution in [1.82, 2.24) is 14.9 Å². The standard InChI is InChI=1S/C26H27N5O4S/c1-17-20(19-6-4-7-22(25(19)34-17)35-24-14-28-16-36-24)15-31(3)23(33)9-8-18-12-21(29-10-5-11-32)26(27-2)30-13-18/h4,6-9,11-14,16,29H,5,10,15H2,1-3H3,(H,27,30)/b9-8+. The number of fused-ring (bicyclic) bond motifs is 1. The maximum absolute atomic E-state index is 12.9. The first kappa shape index (κ1) is 24.9. The van der Waals surface area contributed by atoms with Gasteiger partial charge in [-0.2, -0.15) is 0 Å². The third-order valence-corrected chi connectivity index (χ3v) is 6.17. The van der Waals surface area contributed by atoms with Crippen LogP contribution in [0.4, 0.5) is 11.5 Å². The summed E-state index contributed by atoms with van der Waals surface area (Å²) < 4.78 is 12.0. The lowest BCUT2D eigenvalue weighted by atomic mass is 10.1. The number of carbonyl (C=O) groups excluding carboxylic acids is 2. The molecule has 3 heterocycles. The van der Waals surface area contributed by atoms with E-state index in [0.29, 0.717) is 41.7 Å². The summed E-state index contributed by atoms with van der Waals surface area (Å²) in [5, 5.41) is 7.76. The highest BCUT2D eigenvalue weighted by Crippen LogP contribution is 2.36. The van der Waals surface area contributed by atoms with Gasteiger partial charge in [0.2, 0.25) is 11.0 Å². The van der Waals surface area contributed by atoms with Gasteiger partial charge >= 0.3 is 0 Å². The fourth-order valence-corrected chi connectivity index (χ4v) is 4.17. The summed E-state index contributed by atoms with van der Waals surface area (Å²) in [4.78, 5) is 33.5. The van der Waals surface area contributed by atoms with E-state index in [1.54, 1.807) is 43.0 Å². The van der Waals surface area contributed by atoms with E-state index in [0.717, 1.165) is 34.2 Å². The molecule has 0 radical (unpaired) electrons. The van der Waals surface area contributed by atoms with E-state index in [2.05, 4.69) is 20.6 Å². The van der Waals surface area contributed by atoms with Gasteiger partial charge in [-0.25, -0.2) is 9.97 Å². The van der Waals surface area contributed by atoms with Crippen molar-refractivity contribution in [3.63, 3.8) is 0 Å². The fraction of sp³-hybridized carbons (Fsp3) is 0.231. The number of para-hydroxylation sites is 1. The number of amides is 1. The minimum atomic E-state index is -0.158. The zero-order chi connectivity index (χ0) is 25.5. The number of likely N-dealkylation sites (N-methyl/N-ethyl adjacent to an activating group) is 1. The summed E-state index contributed by atoms with van der Waals surface area (Å²) in [7, 11) is 3.52. The minimum Gasteiger partial charge on any atom is -0.457 e. The zero-order valence-corrected chi connectivity index (χ0v) is 21.1. The van der Waals surface area contributed by atoms with Crippen molar-refractivity contribution in [3.05, 3.63) is 65.1 Å². The number of nitrogens with one attached hydrogen (secondary N) is 2. The molecule has 0 saturated heterocycles. The van der Waals surface area contributed by atoms with Crippen molar-refractivity contribution in [3.8, 4) is 10.8 Å². The first-order valence-electron chi connectivity index (χ1n) is 11.4. The Morgan fingerprint density at radius 3 is 2.92 bits per heavy atom. The fourth-order valence-electron chi connectivity index (χ4n) is 3.68. The van der Waals surface area contributed by atoms with E-state index >= 15 is 0 Å². The highest BCUT2D eigenvalue weighted by molar-refractivity contribution is 7.11. The Bertz CT molecular complexity index is 1380. The number of ether oxygens (including phenoxy) is 1. The van der Waals surface area contributed by atoms with Crippen molar-refractivity contribution in [2.75, 3.05) is 31.3 Å². The number of rotatable bonds is 11. The number of benzene rings is 1. The van der Waals surface area contributed by atoms with Crippen LogP contribution >= 0.6 is 11.3 Å². The SMILES string of the molecule is CNc1ncc(/C=C/C(=O)N(C)Cc2c(C)oc3c(Oc4cncs4)cccc23)cc1NCCC=O. The number of carbonyl (C=O) groups is 2. The second-order valence-corrected chi connectivity index (χ2v) is 8.87. The van der Waals surface area contributed by atoms with Crippen molar-refractivity contribution < 1.29 is 18.7 Å². The number of aromatic nitrogens is 2. The van der Waals surface area contributed by atoms with Gasteiger partial charge in [-0.3, -0.25) is 4.79 Å². The van der Waals surface area contributed by atoms with E-state index in [-0.39, 0.29) is 5.91 Å². The maximum atomic E-state index is 12.9. The molecule has 2 N–H and O–H groups in total. The number of pyridine rings is 1. The van der Waals surface area contributed by atoms with E-state index in [9.17, 15) is 9.59 Å². The zero-order valence-electron chi connectivity index (χ0n) is 20.3. The third kappa shape index (κ3) is 5.72. The molecule has 0 aliphatic rings. The monoisotopic (exact) mass is 505 g/mol. The Kier molecular flexibility index (Phi) is 7.96. The Labute approximate surface area is 212 Å². The Morgan fingerprint density at radius 1 is 1.31 bits per heavy atom. The summed E-state index contributed by atoms with van der Waals surface area (Å²) in [6, 6.07) is 7.60. The number of hydrogen-bond acceptors (Lipinski definition) is 9. The Hall–Kier alpha value is -4.18. The molecule has 0 aliphatic carbocycles. The predicted octanol–water partition coefficient (Wildman–Crippen LogP) is 5.10. The average molecular weight is 506 g/mol. The third-order valence-electron chi connectivity index (χ3n) is 5.52. The molecule has 3 aromatic heterocycles. The van der Waals surface area contributed by atoms with Crippen LogP contribution in [0, 0.1) is 6.92 Å². The number of anilines is 2. The molecule has 4 aromatic rings. The predicted molar refractivity (Wildman–Crippen MR) is 142 cm³/mol. The van der Waals surface area contributed by atoms with E-state index in [4.69, 9.17) is 9.15 Å². The molecule has 0 saturated carbocycles. The summed E-state index contributed by atoms with van der Waals surface area (Å²) in [6.07, 6.45) is 7.83. The minimum absolute atomic E-state index is 0.158.